The summed E-state index contributed by atoms with van der Waals surface area (Å²) in [5.41, 5.74) is 1.95. The molecule has 0 aromatic heterocycles. The van der Waals surface area contributed by atoms with Gasteiger partial charge in [-0.15, -0.1) is 12.4 Å². The highest BCUT2D eigenvalue weighted by molar-refractivity contribution is 5.85. The monoisotopic (exact) mass is 410 g/mol. The molecular weight excluding hydrogens is 382 g/mol. The maximum absolute atomic E-state index is 13.3. The summed E-state index contributed by atoms with van der Waals surface area (Å²) in [5.74, 6) is -0.339. The largest absolute Gasteiger partial charge is 0.355 e. The molecule has 154 valence electrons. The topological polar surface area (TPSA) is 41.1 Å². The van der Waals surface area contributed by atoms with Crippen molar-refractivity contribution in [3.63, 3.8) is 0 Å². The number of benzene rings is 2. The van der Waals surface area contributed by atoms with Crippen molar-refractivity contribution in [3.05, 3.63) is 71.3 Å². The molecule has 0 radical (unpaired) electrons. The smallest absolute Gasteiger partial charge is 0.237 e. The summed E-state index contributed by atoms with van der Waals surface area (Å²) in [6.45, 7) is 4.56. The lowest BCUT2D eigenvalue weighted by molar-refractivity contribution is -0.124. The first-order valence-electron chi connectivity index (χ1n) is 9.38. The Morgan fingerprint density at radius 1 is 0.929 bits per heavy atom. The van der Waals surface area contributed by atoms with Crippen LogP contribution in [0.3, 0.4) is 0 Å². The number of nitrogens with one attached hydrogen (secondary N) is 2. The summed E-state index contributed by atoms with van der Waals surface area (Å²) >= 11 is 0. The second-order valence-corrected chi connectivity index (χ2v) is 7.10. The molecule has 0 spiro atoms. The molecule has 2 N–H and O–H groups in total. The summed E-state index contributed by atoms with van der Waals surface area (Å²) in [6.07, 6.45) is 1.53. The zero-order valence-corrected chi connectivity index (χ0v) is 17.4. The molecule has 0 aliphatic heterocycles. The lowest BCUT2D eigenvalue weighted by Crippen LogP contribution is -2.46. The fourth-order valence-electron chi connectivity index (χ4n) is 3.31. The van der Waals surface area contributed by atoms with E-state index < -0.39 is 0 Å². The van der Waals surface area contributed by atoms with E-state index in [1.165, 1.54) is 24.3 Å². The number of halogens is 3. The van der Waals surface area contributed by atoms with E-state index in [1.807, 2.05) is 13.8 Å². The SMILES string of the molecule is CN[C@H](C(=O)NCCCC(c1ccc(F)cc1)c1ccc(F)cc1)C(C)C.Cl. The predicted molar refractivity (Wildman–Crippen MR) is 112 cm³/mol. The zero-order chi connectivity index (χ0) is 19.8. The van der Waals surface area contributed by atoms with E-state index >= 15 is 0 Å². The number of carbonyl (C=O) groups excluding carboxylic acids is 1. The van der Waals surface area contributed by atoms with Gasteiger partial charge in [-0.1, -0.05) is 38.1 Å². The van der Waals surface area contributed by atoms with E-state index in [9.17, 15) is 13.6 Å². The van der Waals surface area contributed by atoms with Gasteiger partial charge in [-0.3, -0.25) is 4.79 Å². The van der Waals surface area contributed by atoms with E-state index in [2.05, 4.69) is 10.6 Å². The fourth-order valence-corrected chi connectivity index (χ4v) is 3.31. The molecule has 0 saturated heterocycles. The predicted octanol–water partition coefficient (Wildman–Crippen LogP) is 4.66. The summed E-state index contributed by atoms with van der Waals surface area (Å²) < 4.78 is 26.5. The molecule has 0 aliphatic carbocycles. The summed E-state index contributed by atoms with van der Waals surface area (Å²) in [7, 11) is 1.78. The third-order valence-corrected chi connectivity index (χ3v) is 4.77. The van der Waals surface area contributed by atoms with E-state index in [0.717, 1.165) is 24.0 Å². The number of amides is 1. The molecule has 1 atom stereocenters. The van der Waals surface area contributed by atoms with Crippen molar-refractivity contribution in [2.75, 3.05) is 13.6 Å². The lowest BCUT2D eigenvalue weighted by atomic mass is 9.87. The van der Waals surface area contributed by atoms with Crippen LogP contribution in [0.1, 0.15) is 43.7 Å². The molecule has 0 bridgehead atoms. The van der Waals surface area contributed by atoms with Crippen molar-refractivity contribution in [1.82, 2.24) is 10.6 Å². The normalized spacial score (nSPS) is 12.0. The second kappa shape index (κ2) is 11.8. The van der Waals surface area contributed by atoms with Crippen molar-refractivity contribution in [3.8, 4) is 0 Å². The molecule has 2 aromatic rings. The van der Waals surface area contributed by atoms with Crippen molar-refractivity contribution in [2.24, 2.45) is 5.92 Å². The van der Waals surface area contributed by atoms with Crippen LogP contribution in [-0.2, 0) is 4.79 Å². The van der Waals surface area contributed by atoms with E-state index in [4.69, 9.17) is 0 Å². The van der Waals surface area contributed by atoms with Crippen LogP contribution >= 0.6 is 12.4 Å². The van der Waals surface area contributed by atoms with Gasteiger partial charge in [0.1, 0.15) is 11.6 Å². The Bertz CT molecular complexity index is 675. The Morgan fingerprint density at radius 2 is 1.39 bits per heavy atom. The highest BCUT2D eigenvalue weighted by atomic mass is 35.5. The number of likely N-dealkylation sites (N-methyl/N-ethyl adjacent to an activating group) is 1. The minimum absolute atomic E-state index is 0. The van der Waals surface area contributed by atoms with Gasteiger partial charge in [0.05, 0.1) is 6.04 Å². The molecule has 2 aromatic carbocycles. The quantitative estimate of drug-likeness (QED) is 0.590. The molecule has 0 unspecified atom stereocenters. The summed E-state index contributed by atoms with van der Waals surface area (Å²) in [6, 6.07) is 12.6. The van der Waals surface area contributed by atoms with E-state index in [0.29, 0.717) is 6.54 Å². The maximum atomic E-state index is 13.3. The summed E-state index contributed by atoms with van der Waals surface area (Å²) in [5, 5.41) is 6.00. The Hall–Kier alpha value is -1.98. The van der Waals surface area contributed by atoms with Gasteiger partial charge in [-0.05, 0) is 61.2 Å². The molecular formula is C22H29ClF2N2O. The Morgan fingerprint density at radius 3 is 1.79 bits per heavy atom. The van der Waals surface area contributed by atoms with Crippen LogP contribution in [0.15, 0.2) is 48.5 Å². The third kappa shape index (κ3) is 6.88. The first-order valence-corrected chi connectivity index (χ1v) is 9.38. The van der Waals surface area contributed by atoms with Crippen molar-refractivity contribution >= 4 is 18.3 Å². The highest BCUT2D eigenvalue weighted by Crippen LogP contribution is 2.29. The molecule has 1 amide bonds. The number of hydrogen-bond donors (Lipinski definition) is 2. The first kappa shape index (κ1) is 24.1. The standard InChI is InChI=1S/C22H28F2N2O.ClH/c1-15(2)21(25-3)22(27)26-14-4-5-20(16-6-10-18(23)11-7-16)17-8-12-19(24)13-9-17;/h6-13,15,20-21,25H,4-5,14H2,1-3H3,(H,26,27);1H/t21-;/m0./s1. The van der Waals surface area contributed by atoms with Gasteiger partial charge < -0.3 is 10.6 Å². The Balaban J connectivity index is 0.00000392. The lowest BCUT2D eigenvalue weighted by Gasteiger charge is -2.21. The van der Waals surface area contributed by atoms with Crippen LogP contribution < -0.4 is 10.6 Å². The average Bonchev–Trinajstić information content (AvgIpc) is 2.64. The molecule has 2 rings (SSSR count). The van der Waals surface area contributed by atoms with Crippen LogP contribution in [0.25, 0.3) is 0 Å². The van der Waals surface area contributed by atoms with Crippen LogP contribution in [0.4, 0.5) is 8.78 Å². The minimum Gasteiger partial charge on any atom is -0.355 e. The van der Waals surface area contributed by atoms with Gasteiger partial charge in [-0.25, -0.2) is 8.78 Å². The summed E-state index contributed by atoms with van der Waals surface area (Å²) in [4.78, 5) is 12.2. The van der Waals surface area contributed by atoms with Crippen molar-refractivity contribution in [2.45, 2.75) is 38.6 Å². The van der Waals surface area contributed by atoms with Crippen LogP contribution in [0.2, 0.25) is 0 Å². The van der Waals surface area contributed by atoms with Gasteiger partial charge in [0.15, 0.2) is 0 Å². The molecule has 0 heterocycles. The molecule has 0 aliphatic rings. The van der Waals surface area contributed by atoms with Gasteiger partial charge in [0.25, 0.3) is 0 Å². The fraction of sp³-hybridized carbons (Fsp3) is 0.409. The maximum Gasteiger partial charge on any atom is 0.237 e. The number of rotatable bonds is 9. The number of hydrogen-bond acceptors (Lipinski definition) is 2. The third-order valence-electron chi connectivity index (χ3n) is 4.77. The number of carbonyl (C=O) groups is 1. The van der Waals surface area contributed by atoms with Crippen molar-refractivity contribution in [1.29, 1.82) is 0 Å². The van der Waals surface area contributed by atoms with Crippen molar-refractivity contribution < 1.29 is 13.6 Å². The van der Waals surface area contributed by atoms with Crippen LogP contribution in [0, 0.1) is 17.6 Å². The zero-order valence-electron chi connectivity index (χ0n) is 16.5. The van der Waals surface area contributed by atoms with E-state index in [1.54, 1.807) is 31.3 Å². The molecule has 0 saturated carbocycles. The van der Waals surface area contributed by atoms with Gasteiger partial charge in [-0.2, -0.15) is 0 Å². The second-order valence-electron chi connectivity index (χ2n) is 7.10. The van der Waals surface area contributed by atoms with Gasteiger partial charge in [0.2, 0.25) is 5.91 Å². The molecule has 0 fully saturated rings. The first-order chi connectivity index (χ1) is 12.9. The molecule has 6 heteroatoms. The van der Waals surface area contributed by atoms with E-state index in [-0.39, 0.29) is 47.8 Å². The minimum atomic E-state index is -0.282. The van der Waals surface area contributed by atoms with Gasteiger partial charge >= 0.3 is 0 Å². The Labute approximate surface area is 172 Å². The highest BCUT2D eigenvalue weighted by Gasteiger charge is 2.20. The average molecular weight is 411 g/mol. The van der Waals surface area contributed by atoms with Crippen LogP contribution in [0.5, 0.6) is 0 Å². The van der Waals surface area contributed by atoms with Crippen LogP contribution in [-0.4, -0.2) is 25.5 Å². The van der Waals surface area contributed by atoms with Gasteiger partial charge in [0, 0.05) is 12.5 Å². The molecule has 3 nitrogen and oxygen atoms in total. The Kier molecular flexibility index (Phi) is 10.1. The molecule has 28 heavy (non-hydrogen) atoms.